The second kappa shape index (κ2) is 9.95. The molecule has 1 saturated heterocycles. The van der Waals surface area contributed by atoms with E-state index in [0.29, 0.717) is 29.4 Å². The molecule has 4 aromatic rings. The summed E-state index contributed by atoms with van der Waals surface area (Å²) >= 11 is 0. The van der Waals surface area contributed by atoms with Crippen LogP contribution in [0.1, 0.15) is 18.4 Å². The number of halogens is 1. The van der Waals surface area contributed by atoms with Crippen molar-refractivity contribution < 1.29 is 22.0 Å². The Labute approximate surface area is 214 Å². The normalized spacial score (nSPS) is 16.2. The number of aromatic nitrogens is 1. The van der Waals surface area contributed by atoms with Gasteiger partial charge in [0.05, 0.1) is 0 Å². The maximum atomic E-state index is 14.6. The lowest BCUT2D eigenvalue weighted by atomic mass is 10.0. The summed E-state index contributed by atoms with van der Waals surface area (Å²) in [6.07, 6.45) is 2.62. The van der Waals surface area contributed by atoms with E-state index in [4.69, 9.17) is 4.42 Å². The van der Waals surface area contributed by atoms with E-state index in [2.05, 4.69) is 10.3 Å². The van der Waals surface area contributed by atoms with Gasteiger partial charge >= 0.3 is 0 Å². The summed E-state index contributed by atoms with van der Waals surface area (Å²) in [5, 5.41) is 3.20. The molecule has 0 spiro atoms. The van der Waals surface area contributed by atoms with Crippen molar-refractivity contribution in [3.8, 4) is 11.1 Å². The molecule has 1 unspecified atom stereocenters. The first-order valence-electron chi connectivity index (χ1n) is 11.9. The van der Waals surface area contributed by atoms with Crippen LogP contribution in [0.5, 0.6) is 0 Å². The molecule has 1 fully saturated rings. The Bertz CT molecular complexity index is 1520. The van der Waals surface area contributed by atoms with Crippen LogP contribution < -0.4 is 10.2 Å². The molecule has 0 bridgehead atoms. The topological polar surface area (TPSA) is 95.8 Å². The zero-order chi connectivity index (χ0) is 26.2. The molecule has 2 aromatic heterocycles. The van der Waals surface area contributed by atoms with Crippen molar-refractivity contribution in [3.63, 3.8) is 0 Å². The molecule has 1 aliphatic rings. The second-order valence-electron chi connectivity index (χ2n) is 9.20. The molecule has 0 radical (unpaired) electrons. The molecule has 5 rings (SSSR count). The predicted octanol–water partition coefficient (Wildman–Crippen LogP) is 4.17. The minimum absolute atomic E-state index is 0.0727. The van der Waals surface area contributed by atoms with Crippen molar-refractivity contribution in [2.75, 3.05) is 25.5 Å². The summed E-state index contributed by atoms with van der Waals surface area (Å²) < 4.78 is 47.9. The van der Waals surface area contributed by atoms with Crippen LogP contribution in [-0.2, 0) is 21.4 Å². The lowest BCUT2D eigenvalue weighted by Crippen LogP contribution is -2.45. The number of nitrogens with one attached hydrogen (secondary N) is 1. The number of carbonyl (C=O) groups is 1. The van der Waals surface area contributed by atoms with Gasteiger partial charge in [-0.25, -0.2) is 17.8 Å². The zero-order valence-corrected chi connectivity index (χ0v) is 21.3. The summed E-state index contributed by atoms with van der Waals surface area (Å²) in [7, 11) is -0.223. The van der Waals surface area contributed by atoms with Crippen molar-refractivity contribution in [1.29, 1.82) is 0 Å². The van der Waals surface area contributed by atoms with Gasteiger partial charge in [-0.1, -0.05) is 24.3 Å². The highest BCUT2D eigenvalue weighted by molar-refractivity contribution is 7.89. The van der Waals surface area contributed by atoms with Gasteiger partial charge in [0.1, 0.15) is 23.3 Å². The number of sulfonamides is 1. The van der Waals surface area contributed by atoms with E-state index in [-0.39, 0.29) is 18.2 Å². The minimum atomic E-state index is -4.02. The number of pyridine rings is 1. The Morgan fingerprint density at radius 1 is 1.14 bits per heavy atom. The summed E-state index contributed by atoms with van der Waals surface area (Å²) in [5.74, 6) is -0.129. The fraction of sp³-hybridized carbons (Fsp3) is 0.259. The maximum Gasteiger partial charge on any atom is 0.277 e. The van der Waals surface area contributed by atoms with Crippen LogP contribution in [0.25, 0.3) is 22.1 Å². The quantitative estimate of drug-likeness (QED) is 0.392. The number of amides is 1. The number of furan rings is 1. The van der Waals surface area contributed by atoms with Crippen LogP contribution in [0.3, 0.4) is 0 Å². The SMILES string of the molecule is CN(C)c1ccc(-c2ccc(F)c(CNC(=O)C3CCCN3S(=O)(=O)c3cc4ccccc4o3)c2)cn1. The number of benzene rings is 2. The van der Waals surface area contributed by atoms with Gasteiger partial charge in [-0.05, 0) is 48.7 Å². The summed E-state index contributed by atoms with van der Waals surface area (Å²) in [6, 6.07) is 16.0. The first-order chi connectivity index (χ1) is 17.7. The molecular weight excluding hydrogens is 495 g/mol. The van der Waals surface area contributed by atoms with Crippen molar-refractivity contribution >= 4 is 32.7 Å². The third kappa shape index (κ3) is 4.94. The predicted molar refractivity (Wildman–Crippen MR) is 139 cm³/mol. The lowest BCUT2D eigenvalue weighted by molar-refractivity contribution is -0.124. The van der Waals surface area contributed by atoms with Crippen LogP contribution >= 0.6 is 0 Å². The number of anilines is 1. The van der Waals surface area contributed by atoms with Crippen LogP contribution in [0.15, 0.2) is 76.4 Å². The minimum Gasteiger partial charge on any atom is -0.443 e. The van der Waals surface area contributed by atoms with Crippen molar-refractivity contribution in [2.45, 2.75) is 30.5 Å². The third-order valence-electron chi connectivity index (χ3n) is 6.51. The van der Waals surface area contributed by atoms with E-state index < -0.39 is 27.8 Å². The molecule has 1 atom stereocenters. The van der Waals surface area contributed by atoms with E-state index in [9.17, 15) is 17.6 Å². The molecular formula is C27H27FN4O4S. The molecule has 2 aromatic carbocycles. The average Bonchev–Trinajstić information content (AvgIpc) is 3.57. The number of para-hydroxylation sites is 1. The maximum absolute atomic E-state index is 14.6. The van der Waals surface area contributed by atoms with Gasteiger partial charge in [-0.2, -0.15) is 4.31 Å². The first-order valence-corrected chi connectivity index (χ1v) is 13.4. The van der Waals surface area contributed by atoms with Gasteiger partial charge in [0.25, 0.3) is 10.0 Å². The highest BCUT2D eigenvalue weighted by atomic mass is 32.2. The average molecular weight is 523 g/mol. The lowest BCUT2D eigenvalue weighted by Gasteiger charge is -2.22. The molecule has 0 saturated carbocycles. The third-order valence-corrected chi connectivity index (χ3v) is 8.27. The van der Waals surface area contributed by atoms with Crippen LogP contribution in [-0.4, -0.2) is 50.3 Å². The Morgan fingerprint density at radius 3 is 2.65 bits per heavy atom. The monoisotopic (exact) mass is 522 g/mol. The molecule has 1 amide bonds. The van der Waals surface area contributed by atoms with E-state index >= 15 is 0 Å². The van der Waals surface area contributed by atoms with Gasteiger partial charge < -0.3 is 14.6 Å². The van der Waals surface area contributed by atoms with Gasteiger partial charge in [0.2, 0.25) is 11.0 Å². The van der Waals surface area contributed by atoms with E-state index in [0.717, 1.165) is 16.9 Å². The summed E-state index contributed by atoms with van der Waals surface area (Å²) in [6.45, 7) is 0.133. The first kappa shape index (κ1) is 24.9. The van der Waals surface area contributed by atoms with Crippen LogP contribution in [0.4, 0.5) is 10.2 Å². The van der Waals surface area contributed by atoms with Gasteiger partial charge in [0, 0.05) is 56.0 Å². The highest BCUT2D eigenvalue weighted by Gasteiger charge is 2.41. The molecule has 37 heavy (non-hydrogen) atoms. The smallest absolute Gasteiger partial charge is 0.277 e. The van der Waals surface area contributed by atoms with E-state index in [1.165, 1.54) is 16.4 Å². The molecule has 0 aliphatic carbocycles. The number of hydrogen-bond acceptors (Lipinski definition) is 6. The Hall–Kier alpha value is -3.76. The Balaban J connectivity index is 1.31. The fourth-order valence-corrected chi connectivity index (χ4v) is 6.11. The number of rotatable bonds is 7. The van der Waals surface area contributed by atoms with Crippen molar-refractivity contribution in [3.05, 3.63) is 78.2 Å². The summed E-state index contributed by atoms with van der Waals surface area (Å²) in [5.41, 5.74) is 2.34. The Kier molecular flexibility index (Phi) is 6.70. The van der Waals surface area contributed by atoms with Crippen molar-refractivity contribution in [1.82, 2.24) is 14.6 Å². The molecule has 1 N–H and O–H groups in total. The number of hydrogen-bond donors (Lipinski definition) is 1. The zero-order valence-electron chi connectivity index (χ0n) is 20.5. The molecule has 1 aliphatic heterocycles. The molecule has 10 heteroatoms. The molecule has 3 heterocycles. The fourth-order valence-electron chi connectivity index (χ4n) is 4.50. The number of nitrogens with zero attached hydrogens (tertiary/aromatic N) is 3. The Morgan fingerprint density at radius 2 is 1.92 bits per heavy atom. The van der Waals surface area contributed by atoms with Gasteiger partial charge in [-0.15, -0.1) is 0 Å². The van der Waals surface area contributed by atoms with Crippen LogP contribution in [0.2, 0.25) is 0 Å². The number of carbonyl (C=O) groups excluding carboxylic acids is 1. The number of fused-ring (bicyclic) bond motifs is 1. The van der Waals surface area contributed by atoms with E-state index in [1.807, 2.05) is 31.1 Å². The van der Waals surface area contributed by atoms with Gasteiger partial charge in [-0.3, -0.25) is 4.79 Å². The summed E-state index contributed by atoms with van der Waals surface area (Å²) in [4.78, 5) is 19.3. The largest absolute Gasteiger partial charge is 0.443 e. The van der Waals surface area contributed by atoms with Gasteiger partial charge in [0.15, 0.2) is 0 Å². The van der Waals surface area contributed by atoms with Crippen LogP contribution in [0, 0.1) is 5.82 Å². The standard InChI is InChI=1S/C27H27FN4O4S/c1-31(2)25-12-10-20(16-29-25)18-9-11-22(28)21(14-18)17-30-27(33)23-7-5-13-32(23)37(34,35)26-15-19-6-3-4-8-24(19)36-26/h3-4,6,8-12,14-16,23H,5,7,13,17H2,1-2H3,(H,30,33). The molecule has 192 valence electrons. The molecule has 8 nitrogen and oxygen atoms in total. The second-order valence-corrected chi connectivity index (χ2v) is 11.0. The highest BCUT2D eigenvalue weighted by Crippen LogP contribution is 2.30. The van der Waals surface area contributed by atoms with E-state index in [1.54, 1.807) is 42.6 Å². The van der Waals surface area contributed by atoms with Crippen molar-refractivity contribution in [2.24, 2.45) is 0 Å².